The number of benzene rings is 1. The lowest BCUT2D eigenvalue weighted by molar-refractivity contribution is 0.405. The second-order valence-corrected chi connectivity index (χ2v) is 4.88. The standard InChI is InChI=1S/C14H15N3OS/c1-18-11-6-2-3-7-12(11)19-9-10-5-4-8-17-13(10)14(15)16/h2-8H,9H2,1H3,(H3,15,16). The number of rotatable bonds is 5. The molecule has 2 aromatic rings. The Morgan fingerprint density at radius 2 is 2.11 bits per heavy atom. The maximum Gasteiger partial charge on any atom is 0.142 e. The Labute approximate surface area is 116 Å². The highest BCUT2D eigenvalue weighted by Gasteiger charge is 2.08. The molecule has 0 unspecified atom stereocenters. The molecule has 0 atom stereocenters. The average Bonchev–Trinajstić information content (AvgIpc) is 2.45. The molecule has 98 valence electrons. The number of nitrogen functional groups attached to an aromatic ring is 1. The van der Waals surface area contributed by atoms with Gasteiger partial charge in [0.2, 0.25) is 0 Å². The van der Waals surface area contributed by atoms with E-state index in [9.17, 15) is 0 Å². The van der Waals surface area contributed by atoms with E-state index in [4.69, 9.17) is 15.9 Å². The van der Waals surface area contributed by atoms with Crippen LogP contribution in [-0.2, 0) is 5.75 Å². The molecule has 0 saturated heterocycles. The van der Waals surface area contributed by atoms with Gasteiger partial charge >= 0.3 is 0 Å². The molecule has 1 aromatic heterocycles. The van der Waals surface area contributed by atoms with Crippen LogP contribution >= 0.6 is 11.8 Å². The fourth-order valence-corrected chi connectivity index (χ4v) is 2.70. The van der Waals surface area contributed by atoms with Gasteiger partial charge in [-0.05, 0) is 23.8 Å². The molecule has 0 fully saturated rings. The van der Waals surface area contributed by atoms with E-state index >= 15 is 0 Å². The van der Waals surface area contributed by atoms with Gasteiger partial charge in [0.25, 0.3) is 0 Å². The molecule has 0 aliphatic carbocycles. The van der Waals surface area contributed by atoms with Crippen molar-refractivity contribution in [1.82, 2.24) is 4.98 Å². The molecule has 0 bridgehead atoms. The van der Waals surface area contributed by atoms with Crippen LogP contribution in [0.5, 0.6) is 5.75 Å². The number of nitrogens with two attached hydrogens (primary N) is 1. The van der Waals surface area contributed by atoms with E-state index in [2.05, 4.69) is 4.98 Å². The van der Waals surface area contributed by atoms with Crippen molar-refractivity contribution in [3.8, 4) is 5.75 Å². The minimum atomic E-state index is -0.00349. The molecular weight excluding hydrogens is 258 g/mol. The number of hydrogen-bond acceptors (Lipinski definition) is 4. The molecule has 0 aliphatic heterocycles. The molecule has 0 spiro atoms. The van der Waals surface area contributed by atoms with Crippen LogP contribution < -0.4 is 10.5 Å². The smallest absolute Gasteiger partial charge is 0.142 e. The minimum Gasteiger partial charge on any atom is -0.496 e. The van der Waals surface area contributed by atoms with Crippen molar-refractivity contribution >= 4 is 17.6 Å². The number of nitrogens with one attached hydrogen (secondary N) is 1. The fraction of sp³-hybridized carbons (Fsp3) is 0.143. The van der Waals surface area contributed by atoms with Crippen LogP contribution in [0.25, 0.3) is 0 Å². The zero-order valence-electron chi connectivity index (χ0n) is 10.6. The number of methoxy groups -OCH3 is 1. The third kappa shape index (κ3) is 3.26. The number of hydrogen-bond donors (Lipinski definition) is 2. The Morgan fingerprint density at radius 3 is 2.84 bits per heavy atom. The Hall–Kier alpha value is -2.01. The number of amidine groups is 1. The van der Waals surface area contributed by atoms with Gasteiger partial charge in [0, 0.05) is 16.8 Å². The highest BCUT2D eigenvalue weighted by Crippen LogP contribution is 2.31. The summed E-state index contributed by atoms with van der Waals surface area (Å²) in [6.45, 7) is 0. The third-order valence-electron chi connectivity index (χ3n) is 2.60. The molecule has 0 amide bonds. The molecular formula is C14H15N3OS. The number of pyridine rings is 1. The van der Waals surface area contributed by atoms with E-state index in [1.54, 1.807) is 25.1 Å². The summed E-state index contributed by atoms with van der Waals surface area (Å²) in [5, 5.41) is 7.52. The van der Waals surface area contributed by atoms with Crippen LogP contribution in [0.15, 0.2) is 47.5 Å². The van der Waals surface area contributed by atoms with Gasteiger partial charge in [0.1, 0.15) is 17.3 Å². The predicted molar refractivity (Wildman–Crippen MR) is 77.8 cm³/mol. The van der Waals surface area contributed by atoms with Crippen LogP contribution in [0.3, 0.4) is 0 Å². The van der Waals surface area contributed by atoms with Crippen LogP contribution in [-0.4, -0.2) is 17.9 Å². The highest BCUT2D eigenvalue weighted by atomic mass is 32.2. The summed E-state index contributed by atoms with van der Waals surface area (Å²) in [5.74, 6) is 1.54. The monoisotopic (exact) mass is 273 g/mol. The second kappa shape index (κ2) is 6.24. The Bertz CT molecular complexity index is 586. The van der Waals surface area contributed by atoms with Crippen molar-refractivity contribution in [2.24, 2.45) is 5.73 Å². The SMILES string of the molecule is COc1ccccc1SCc1cccnc1C(=N)N. The number of para-hydroxylation sites is 1. The lowest BCUT2D eigenvalue weighted by atomic mass is 10.2. The molecule has 5 heteroatoms. The first-order valence-corrected chi connectivity index (χ1v) is 6.75. The first-order valence-electron chi connectivity index (χ1n) is 5.76. The normalized spacial score (nSPS) is 10.2. The largest absolute Gasteiger partial charge is 0.496 e. The topological polar surface area (TPSA) is 72.0 Å². The van der Waals surface area contributed by atoms with Gasteiger partial charge in [-0.1, -0.05) is 18.2 Å². The Kier molecular flexibility index (Phi) is 4.41. The third-order valence-corrected chi connectivity index (χ3v) is 3.70. The summed E-state index contributed by atoms with van der Waals surface area (Å²) in [7, 11) is 1.66. The van der Waals surface area contributed by atoms with E-state index in [0.29, 0.717) is 11.4 Å². The fourth-order valence-electron chi connectivity index (χ4n) is 1.69. The zero-order valence-corrected chi connectivity index (χ0v) is 11.4. The van der Waals surface area contributed by atoms with Crippen LogP contribution in [0, 0.1) is 5.41 Å². The predicted octanol–water partition coefficient (Wildman–Crippen LogP) is 2.67. The lowest BCUT2D eigenvalue weighted by Gasteiger charge is -2.09. The second-order valence-electron chi connectivity index (χ2n) is 3.86. The van der Waals surface area contributed by atoms with E-state index < -0.39 is 0 Å². The Morgan fingerprint density at radius 1 is 1.32 bits per heavy atom. The summed E-state index contributed by atoms with van der Waals surface area (Å²) >= 11 is 1.64. The van der Waals surface area contributed by atoms with Crippen molar-refractivity contribution in [3.63, 3.8) is 0 Å². The van der Waals surface area contributed by atoms with Crippen molar-refractivity contribution < 1.29 is 4.74 Å². The van der Waals surface area contributed by atoms with E-state index in [1.165, 1.54) is 0 Å². The molecule has 2 rings (SSSR count). The van der Waals surface area contributed by atoms with Gasteiger partial charge in [0.15, 0.2) is 0 Å². The van der Waals surface area contributed by atoms with E-state index in [-0.39, 0.29) is 5.84 Å². The molecule has 4 nitrogen and oxygen atoms in total. The summed E-state index contributed by atoms with van der Waals surface area (Å²) < 4.78 is 5.31. The van der Waals surface area contributed by atoms with Gasteiger partial charge < -0.3 is 10.5 Å². The first-order chi connectivity index (χ1) is 9.22. The van der Waals surface area contributed by atoms with Crippen molar-refractivity contribution in [2.45, 2.75) is 10.6 Å². The number of aromatic nitrogens is 1. The molecule has 1 heterocycles. The highest BCUT2D eigenvalue weighted by molar-refractivity contribution is 7.98. The Balaban J connectivity index is 2.17. The maximum absolute atomic E-state index is 7.52. The molecule has 19 heavy (non-hydrogen) atoms. The van der Waals surface area contributed by atoms with Crippen LogP contribution in [0.2, 0.25) is 0 Å². The maximum atomic E-state index is 7.52. The van der Waals surface area contributed by atoms with Crippen LogP contribution in [0.1, 0.15) is 11.3 Å². The summed E-state index contributed by atoms with van der Waals surface area (Å²) in [4.78, 5) is 5.20. The van der Waals surface area contributed by atoms with Gasteiger partial charge in [-0.2, -0.15) is 0 Å². The van der Waals surface area contributed by atoms with Gasteiger partial charge in [-0.3, -0.25) is 10.4 Å². The molecule has 0 saturated carbocycles. The molecule has 0 aliphatic rings. The summed E-state index contributed by atoms with van der Waals surface area (Å²) in [5.41, 5.74) is 7.02. The van der Waals surface area contributed by atoms with Crippen molar-refractivity contribution in [3.05, 3.63) is 53.9 Å². The molecule has 1 aromatic carbocycles. The quantitative estimate of drug-likeness (QED) is 0.499. The van der Waals surface area contributed by atoms with Gasteiger partial charge in [0.05, 0.1) is 7.11 Å². The minimum absolute atomic E-state index is 0.00349. The first kappa shape index (κ1) is 13.4. The van der Waals surface area contributed by atoms with Crippen molar-refractivity contribution in [2.75, 3.05) is 7.11 Å². The number of thioether (sulfide) groups is 1. The molecule has 3 N–H and O–H groups in total. The number of nitrogens with zero attached hydrogens (tertiary/aromatic N) is 1. The lowest BCUT2D eigenvalue weighted by Crippen LogP contribution is -2.15. The van der Waals surface area contributed by atoms with Gasteiger partial charge in [-0.15, -0.1) is 11.8 Å². The van der Waals surface area contributed by atoms with Gasteiger partial charge in [-0.25, -0.2) is 0 Å². The summed E-state index contributed by atoms with van der Waals surface area (Å²) in [6.07, 6.45) is 1.65. The average molecular weight is 273 g/mol. The zero-order chi connectivity index (χ0) is 13.7. The van der Waals surface area contributed by atoms with Crippen LogP contribution in [0.4, 0.5) is 0 Å². The van der Waals surface area contributed by atoms with Crippen molar-refractivity contribution in [1.29, 1.82) is 5.41 Å². The molecule has 0 radical (unpaired) electrons. The van der Waals surface area contributed by atoms with E-state index in [0.717, 1.165) is 16.2 Å². The number of ether oxygens (including phenoxy) is 1. The summed E-state index contributed by atoms with van der Waals surface area (Å²) in [6, 6.07) is 11.6. The van der Waals surface area contributed by atoms with E-state index in [1.807, 2.05) is 36.4 Å².